The van der Waals surface area contributed by atoms with E-state index in [1.54, 1.807) is 0 Å². The molecular formula is C65H106O5. The summed E-state index contributed by atoms with van der Waals surface area (Å²) in [6, 6.07) is 0. The van der Waals surface area contributed by atoms with Gasteiger partial charge >= 0.3 is 11.9 Å². The maximum Gasteiger partial charge on any atom is 0.306 e. The summed E-state index contributed by atoms with van der Waals surface area (Å²) in [6.07, 6.45) is 84.8. The second-order valence-electron chi connectivity index (χ2n) is 18.4. The fraction of sp³-hybridized carbons (Fsp3) is 0.631. The second-order valence-corrected chi connectivity index (χ2v) is 18.4. The number of unbranched alkanes of at least 4 members (excludes halogenated alkanes) is 18. The summed E-state index contributed by atoms with van der Waals surface area (Å²) in [7, 11) is 0. The van der Waals surface area contributed by atoms with Crippen LogP contribution >= 0.6 is 0 Å². The van der Waals surface area contributed by atoms with Crippen molar-refractivity contribution in [3.63, 3.8) is 0 Å². The van der Waals surface area contributed by atoms with E-state index in [1.165, 1.54) is 89.9 Å². The first kappa shape index (κ1) is 66.0. The molecule has 5 nitrogen and oxygen atoms in total. The molecule has 0 spiro atoms. The Morgan fingerprint density at radius 2 is 0.671 bits per heavy atom. The van der Waals surface area contributed by atoms with Crippen molar-refractivity contribution >= 4 is 11.9 Å². The molecule has 0 aliphatic rings. The highest BCUT2D eigenvalue weighted by atomic mass is 16.6. The highest BCUT2D eigenvalue weighted by Gasteiger charge is 2.17. The first-order chi connectivity index (χ1) is 34.6. The van der Waals surface area contributed by atoms with Crippen molar-refractivity contribution in [2.24, 2.45) is 0 Å². The molecule has 0 saturated heterocycles. The molecule has 0 bridgehead atoms. The summed E-state index contributed by atoms with van der Waals surface area (Å²) < 4.78 is 17.4. The maximum absolute atomic E-state index is 12.9. The van der Waals surface area contributed by atoms with E-state index in [-0.39, 0.29) is 25.2 Å². The Kier molecular flexibility index (Phi) is 56.0. The normalized spacial score (nSPS) is 13.2. The zero-order valence-corrected chi connectivity index (χ0v) is 45.5. The van der Waals surface area contributed by atoms with Crippen molar-refractivity contribution in [2.75, 3.05) is 19.8 Å². The van der Waals surface area contributed by atoms with Crippen molar-refractivity contribution in [1.29, 1.82) is 0 Å². The van der Waals surface area contributed by atoms with Gasteiger partial charge in [-0.3, -0.25) is 9.59 Å². The molecule has 1 unspecified atom stereocenters. The molecule has 396 valence electrons. The largest absolute Gasteiger partial charge is 0.462 e. The van der Waals surface area contributed by atoms with E-state index in [2.05, 4.69) is 148 Å². The van der Waals surface area contributed by atoms with Gasteiger partial charge in [-0.2, -0.15) is 0 Å². The molecule has 5 heteroatoms. The summed E-state index contributed by atoms with van der Waals surface area (Å²) >= 11 is 0. The van der Waals surface area contributed by atoms with E-state index in [0.29, 0.717) is 25.9 Å². The zero-order valence-electron chi connectivity index (χ0n) is 45.5. The molecule has 0 rings (SSSR count). The smallest absolute Gasteiger partial charge is 0.306 e. The van der Waals surface area contributed by atoms with Crippen LogP contribution in [0.25, 0.3) is 0 Å². The molecule has 0 heterocycles. The lowest BCUT2D eigenvalue weighted by molar-refractivity contribution is -0.162. The van der Waals surface area contributed by atoms with Crippen LogP contribution in [0.4, 0.5) is 0 Å². The average molecular weight is 968 g/mol. The third-order valence-corrected chi connectivity index (χ3v) is 11.7. The van der Waals surface area contributed by atoms with Crippen LogP contribution in [0.3, 0.4) is 0 Å². The first-order valence-electron chi connectivity index (χ1n) is 28.7. The lowest BCUT2D eigenvalue weighted by Crippen LogP contribution is -2.30. The number of carbonyl (C=O) groups excluding carboxylic acids is 2. The summed E-state index contributed by atoms with van der Waals surface area (Å²) in [5.41, 5.74) is 0. The fourth-order valence-electron chi connectivity index (χ4n) is 7.50. The minimum absolute atomic E-state index is 0.0252. The number of hydrogen-bond acceptors (Lipinski definition) is 5. The summed E-state index contributed by atoms with van der Waals surface area (Å²) in [5.74, 6) is -0.534. The van der Waals surface area contributed by atoms with Crippen LogP contribution in [0.15, 0.2) is 134 Å². The van der Waals surface area contributed by atoms with Gasteiger partial charge < -0.3 is 14.2 Å². The van der Waals surface area contributed by atoms with Crippen LogP contribution in [0.2, 0.25) is 0 Å². The van der Waals surface area contributed by atoms with E-state index in [1.807, 2.05) is 6.08 Å². The van der Waals surface area contributed by atoms with Crippen LogP contribution in [0.5, 0.6) is 0 Å². The number of esters is 2. The lowest BCUT2D eigenvalue weighted by atomic mass is 10.0. The molecule has 0 aromatic heterocycles. The predicted molar refractivity (Wildman–Crippen MR) is 306 cm³/mol. The van der Waals surface area contributed by atoms with Gasteiger partial charge in [0.2, 0.25) is 0 Å². The second kappa shape index (κ2) is 59.3. The minimum Gasteiger partial charge on any atom is -0.462 e. The molecular weight excluding hydrogens is 861 g/mol. The molecule has 0 aliphatic heterocycles. The molecule has 0 aliphatic carbocycles. The lowest BCUT2D eigenvalue weighted by Gasteiger charge is -2.18. The molecule has 0 N–H and O–H groups in total. The Hall–Kier alpha value is -3.96. The van der Waals surface area contributed by atoms with Crippen molar-refractivity contribution in [2.45, 2.75) is 245 Å². The molecule has 0 amide bonds. The molecule has 70 heavy (non-hydrogen) atoms. The summed E-state index contributed by atoms with van der Waals surface area (Å²) in [5, 5.41) is 0. The number of carbonyl (C=O) groups is 2. The molecule has 0 aromatic rings. The van der Waals surface area contributed by atoms with Gasteiger partial charge in [0.05, 0.1) is 6.61 Å². The zero-order chi connectivity index (χ0) is 50.6. The molecule has 0 saturated carbocycles. The van der Waals surface area contributed by atoms with Gasteiger partial charge in [0.15, 0.2) is 6.10 Å². The monoisotopic (exact) mass is 967 g/mol. The average Bonchev–Trinajstić information content (AvgIpc) is 3.36. The SMILES string of the molecule is CC/C=C\C/C=C\C/C=C\C/C=C\C/C=C\C/C=C\CCC(=O)OCC(COCCCCCCCCCCCCCCCCCC)OC(=O)CCCCC/C=C\C/C=C\C/C=C\C/C=C\C/C=C\CC. The summed E-state index contributed by atoms with van der Waals surface area (Å²) in [4.78, 5) is 25.5. The molecule has 0 aromatic carbocycles. The van der Waals surface area contributed by atoms with Gasteiger partial charge in [-0.1, -0.05) is 257 Å². The Bertz CT molecular complexity index is 1470. The highest BCUT2D eigenvalue weighted by Crippen LogP contribution is 2.14. The van der Waals surface area contributed by atoms with Gasteiger partial charge in [0.1, 0.15) is 6.61 Å². The van der Waals surface area contributed by atoms with Crippen LogP contribution in [0, 0.1) is 0 Å². The minimum atomic E-state index is -0.593. The fourth-order valence-corrected chi connectivity index (χ4v) is 7.50. The van der Waals surface area contributed by atoms with Crippen molar-refractivity contribution in [1.82, 2.24) is 0 Å². The van der Waals surface area contributed by atoms with Crippen LogP contribution in [-0.2, 0) is 23.8 Å². The quantitative estimate of drug-likeness (QED) is 0.0345. The summed E-state index contributed by atoms with van der Waals surface area (Å²) in [6.45, 7) is 7.49. The topological polar surface area (TPSA) is 61.8 Å². The maximum atomic E-state index is 12.9. The third kappa shape index (κ3) is 56.6. The Morgan fingerprint density at radius 1 is 0.329 bits per heavy atom. The van der Waals surface area contributed by atoms with E-state index in [9.17, 15) is 9.59 Å². The number of ether oxygens (including phenoxy) is 3. The van der Waals surface area contributed by atoms with Gasteiger partial charge in [0.25, 0.3) is 0 Å². The van der Waals surface area contributed by atoms with Gasteiger partial charge in [0, 0.05) is 19.4 Å². The van der Waals surface area contributed by atoms with E-state index >= 15 is 0 Å². The Balaban J connectivity index is 4.47. The number of hydrogen-bond donors (Lipinski definition) is 0. The van der Waals surface area contributed by atoms with Gasteiger partial charge in [-0.15, -0.1) is 0 Å². The van der Waals surface area contributed by atoms with Crippen molar-refractivity contribution < 1.29 is 23.8 Å². The van der Waals surface area contributed by atoms with Crippen LogP contribution < -0.4 is 0 Å². The Morgan fingerprint density at radius 3 is 1.07 bits per heavy atom. The molecule has 1 atom stereocenters. The Labute approximate surface area is 432 Å². The van der Waals surface area contributed by atoms with Crippen LogP contribution in [0.1, 0.15) is 239 Å². The van der Waals surface area contributed by atoms with Crippen LogP contribution in [-0.4, -0.2) is 37.9 Å². The van der Waals surface area contributed by atoms with E-state index in [4.69, 9.17) is 14.2 Å². The third-order valence-electron chi connectivity index (χ3n) is 11.7. The number of rotatable bonds is 51. The standard InChI is InChI=1S/C65H106O5/c1-4-7-10-13-16-19-22-25-28-31-33-35-37-40-43-46-49-52-55-58-64(66)69-62-63(61-68-60-57-54-51-48-45-42-39-30-27-24-21-18-15-12-9-6-3)70-65(67)59-56-53-50-47-44-41-38-36-34-32-29-26-23-20-17-14-11-8-5-2/h7-8,10-11,16-17,19-20,25-26,28-29,33-36,40-41,43-44,49,52,63H,4-6,9,12-15,18,21-24,27,30-32,37-39,42,45-48,50-51,53-62H2,1-3H3/b10-7-,11-8-,19-16-,20-17-,28-25-,29-26-,35-33-,36-34-,43-40-,44-41-,52-49-. The van der Waals surface area contributed by atoms with Gasteiger partial charge in [-0.25, -0.2) is 0 Å². The number of allylic oxidation sites excluding steroid dienone is 22. The van der Waals surface area contributed by atoms with E-state index < -0.39 is 6.10 Å². The predicted octanol–water partition coefficient (Wildman–Crippen LogP) is 19.9. The molecule has 0 radical (unpaired) electrons. The van der Waals surface area contributed by atoms with E-state index in [0.717, 1.165) is 109 Å². The molecule has 0 fully saturated rings. The van der Waals surface area contributed by atoms with Gasteiger partial charge in [-0.05, 0) is 103 Å². The van der Waals surface area contributed by atoms with Crippen molar-refractivity contribution in [3.05, 3.63) is 134 Å². The van der Waals surface area contributed by atoms with Crippen molar-refractivity contribution in [3.8, 4) is 0 Å². The first-order valence-corrected chi connectivity index (χ1v) is 28.7. The highest BCUT2D eigenvalue weighted by molar-refractivity contribution is 5.70.